The number of carboxylic acids is 1. The maximum Gasteiger partial charge on any atom is 0.327 e. The van der Waals surface area contributed by atoms with Crippen LogP contribution in [0.3, 0.4) is 0 Å². The lowest BCUT2D eigenvalue weighted by Gasteiger charge is -2.21. The summed E-state index contributed by atoms with van der Waals surface area (Å²) < 4.78 is 13.1. The van der Waals surface area contributed by atoms with E-state index in [1.807, 2.05) is 0 Å². The van der Waals surface area contributed by atoms with E-state index < -0.39 is 18.0 Å². The van der Waals surface area contributed by atoms with E-state index >= 15 is 0 Å². The summed E-state index contributed by atoms with van der Waals surface area (Å²) >= 11 is 1.39. The van der Waals surface area contributed by atoms with Crippen molar-refractivity contribution in [2.45, 2.75) is 13.0 Å². The molecular weight excluding hydrogens is 271 g/mol. The Hall–Kier alpha value is -1.76. The number of urea groups is 1. The SMILES string of the molecule is Cc1cc(NC(=O)N2CSCC2C(=O)O)ccc1F. The Morgan fingerprint density at radius 1 is 1.53 bits per heavy atom. The summed E-state index contributed by atoms with van der Waals surface area (Å²) in [7, 11) is 0. The number of carboxylic acid groups (broad SMARTS) is 1. The van der Waals surface area contributed by atoms with E-state index in [1.54, 1.807) is 6.92 Å². The molecule has 1 aliphatic heterocycles. The first-order valence-electron chi connectivity index (χ1n) is 5.63. The highest BCUT2D eigenvalue weighted by Gasteiger charge is 2.34. The molecule has 1 aromatic rings. The zero-order valence-electron chi connectivity index (χ0n) is 10.2. The van der Waals surface area contributed by atoms with Crippen LogP contribution in [0.5, 0.6) is 0 Å². The largest absolute Gasteiger partial charge is 0.480 e. The highest BCUT2D eigenvalue weighted by atomic mass is 32.2. The van der Waals surface area contributed by atoms with Crippen molar-refractivity contribution in [2.24, 2.45) is 0 Å². The van der Waals surface area contributed by atoms with Crippen LogP contribution in [0.15, 0.2) is 18.2 Å². The average Bonchev–Trinajstić information content (AvgIpc) is 2.83. The molecule has 1 unspecified atom stereocenters. The molecule has 2 N–H and O–H groups in total. The van der Waals surface area contributed by atoms with E-state index in [0.29, 0.717) is 22.9 Å². The van der Waals surface area contributed by atoms with Crippen molar-refractivity contribution in [1.82, 2.24) is 4.90 Å². The number of thioether (sulfide) groups is 1. The Bertz CT molecular complexity index is 524. The van der Waals surface area contributed by atoms with Crippen molar-refractivity contribution in [3.05, 3.63) is 29.6 Å². The molecule has 102 valence electrons. The van der Waals surface area contributed by atoms with Crippen LogP contribution in [-0.4, -0.2) is 39.7 Å². The van der Waals surface area contributed by atoms with Crippen LogP contribution in [0.25, 0.3) is 0 Å². The van der Waals surface area contributed by atoms with Gasteiger partial charge in [-0.05, 0) is 30.7 Å². The summed E-state index contributed by atoms with van der Waals surface area (Å²) in [4.78, 5) is 24.2. The number of carbonyl (C=O) groups is 2. The monoisotopic (exact) mass is 284 g/mol. The van der Waals surface area contributed by atoms with Crippen LogP contribution >= 0.6 is 11.8 Å². The summed E-state index contributed by atoms with van der Waals surface area (Å²) in [5.74, 6) is -0.651. The number of amides is 2. The lowest BCUT2D eigenvalue weighted by molar-refractivity contribution is -0.140. The zero-order valence-corrected chi connectivity index (χ0v) is 11.0. The molecule has 19 heavy (non-hydrogen) atoms. The number of aliphatic carboxylic acids is 1. The topological polar surface area (TPSA) is 69.6 Å². The average molecular weight is 284 g/mol. The third-order valence-corrected chi connectivity index (χ3v) is 3.85. The van der Waals surface area contributed by atoms with Gasteiger partial charge in [-0.2, -0.15) is 0 Å². The predicted octanol–water partition coefficient (Wildman–Crippen LogP) is 2.13. The molecule has 0 bridgehead atoms. The molecular formula is C12H13FN2O3S. The Balaban J connectivity index is 2.08. The van der Waals surface area contributed by atoms with Gasteiger partial charge in [0.25, 0.3) is 0 Å². The van der Waals surface area contributed by atoms with Gasteiger partial charge in [0.05, 0.1) is 5.88 Å². The fourth-order valence-corrected chi connectivity index (χ4v) is 2.91. The molecule has 0 aromatic heterocycles. The normalized spacial score (nSPS) is 18.4. The van der Waals surface area contributed by atoms with E-state index in [-0.39, 0.29) is 5.82 Å². The van der Waals surface area contributed by atoms with Crippen molar-refractivity contribution >= 4 is 29.4 Å². The van der Waals surface area contributed by atoms with Crippen LogP contribution in [0, 0.1) is 12.7 Å². The molecule has 1 fully saturated rings. The van der Waals surface area contributed by atoms with Crippen LogP contribution in [0.2, 0.25) is 0 Å². The first-order valence-corrected chi connectivity index (χ1v) is 6.79. The summed E-state index contributed by atoms with van der Waals surface area (Å²) in [6, 6.07) is 2.92. The van der Waals surface area contributed by atoms with Gasteiger partial charge in [0.1, 0.15) is 11.9 Å². The summed E-state index contributed by atoms with van der Waals surface area (Å²) in [6.07, 6.45) is 0. The number of aryl methyl sites for hydroxylation is 1. The van der Waals surface area contributed by atoms with Crippen molar-refractivity contribution in [3.63, 3.8) is 0 Å². The number of anilines is 1. The highest BCUT2D eigenvalue weighted by molar-refractivity contribution is 7.99. The number of nitrogens with zero attached hydrogens (tertiary/aromatic N) is 1. The third kappa shape index (κ3) is 2.98. The molecule has 1 aliphatic rings. The predicted molar refractivity (Wildman–Crippen MR) is 70.7 cm³/mol. The minimum Gasteiger partial charge on any atom is -0.480 e. The zero-order chi connectivity index (χ0) is 14.0. The van der Waals surface area contributed by atoms with Gasteiger partial charge in [0.15, 0.2) is 0 Å². The third-order valence-electron chi connectivity index (χ3n) is 2.84. The van der Waals surface area contributed by atoms with Crippen LogP contribution in [0.1, 0.15) is 5.56 Å². The fraction of sp³-hybridized carbons (Fsp3) is 0.333. The molecule has 2 rings (SSSR count). The first-order chi connectivity index (χ1) is 8.99. The van der Waals surface area contributed by atoms with Crippen molar-refractivity contribution in [1.29, 1.82) is 0 Å². The Morgan fingerprint density at radius 2 is 2.26 bits per heavy atom. The number of hydrogen-bond acceptors (Lipinski definition) is 3. The lowest BCUT2D eigenvalue weighted by Crippen LogP contribution is -2.43. The minimum atomic E-state index is -1.02. The van der Waals surface area contributed by atoms with Gasteiger partial charge in [-0.1, -0.05) is 0 Å². The van der Waals surface area contributed by atoms with E-state index in [1.165, 1.54) is 34.9 Å². The number of carbonyl (C=O) groups excluding carboxylic acids is 1. The standard InChI is InChI=1S/C12H13FN2O3S/c1-7-4-8(2-3-9(7)13)14-12(18)15-6-19-5-10(15)11(16)17/h2-4,10H,5-6H2,1H3,(H,14,18)(H,16,17). The fourth-order valence-electron chi connectivity index (χ4n) is 1.77. The van der Waals surface area contributed by atoms with E-state index in [0.717, 1.165) is 0 Å². The van der Waals surface area contributed by atoms with Gasteiger partial charge in [0, 0.05) is 11.4 Å². The Kier molecular flexibility index (Phi) is 3.94. The van der Waals surface area contributed by atoms with Crippen molar-refractivity contribution in [3.8, 4) is 0 Å². The van der Waals surface area contributed by atoms with Crippen molar-refractivity contribution < 1.29 is 19.1 Å². The van der Waals surface area contributed by atoms with Gasteiger partial charge in [-0.3, -0.25) is 0 Å². The second-order valence-corrected chi connectivity index (χ2v) is 5.22. The van der Waals surface area contributed by atoms with Gasteiger partial charge in [-0.25, -0.2) is 14.0 Å². The quantitative estimate of drug-likeness (QED) is 0.873. The van der Waals surface area contributed by atoms with E-state index in [4.69, 9.17) is 5.11 Å². The molecule has 1 saturated heterocycles. The molecule has 0 aliphatic carbocycles. The summed E-state index contributed by atoms with van der Waals surface area (Å²) in [6.45, 7) is 1.59. The molecule has 0 saturated carbocycles. The lowest BCUT2D eigenvalue weighted by atomic mass is 10.2. The van der Waals surface area contributed by atoms with E-state index in [9.17, 15) is 14.0 Å². The Labute approximate surface area is 113 Å². The van der Waals surface area contributed by atoms with Gasteiger partial charge in [0.2, 0.25) is 0 Å². The second-order valence-electron chi connectivity index (χ2n) is 4.22. The van der Waals surface area contributed by atoms with Crippen LogP contribution in [0.4, 0.5) is 14.9 Å². The smallest absolute Gasteiger partial charge is 0.327 e. The molecule has 1 aromatic carbocycles. The van der Waals surface area contributed by atoms with E-state index in [2.05, 4.69) is 5.32 Å². The number of benzene rings is 1. The van der Waals surface area contributed by atoms with Crippen LogP contribution < -0.4 is 5.32 Å². The number of hydrogen-bond donors (Lipinski definition) is 2. The summed E-state index contributed by atoms with van der Waals surface area (Å²) in [5.41, 5.74) is 0.869. The molecule has 1 atom stereocenters. The molecule has 0 radical (unpaired) electrons. The Morgan fingerprint density at radius 3 is 2.89 bits per heavy atom. The number of nitrogens with one attached hydrogen (secondary N) is 1. The maximum atomic E-state index is 13.1. The molecule has 5 nitrogen and oxygen atoms in total. The number of rotatable bonds is 2. The second kappa shape index (κ2) is 5.48. The maximum absolute atomic E-state index is 13.1. The number of halogens is 1. The minimum absolute atomic E-state index is 0.336. The molecule has 0 spiro atoms. The highest BCUT2D eigenvalue weighted by Crippen LogP contribution is 2.22. The van der Waals surface area contributed by atoms with Gasteiger partial charge < -0.3 is 15.3 Å². The molecule has 2 amide bonds. The molecule has 7 heteroatoms. The van der Waals surface area contributed by atoms with Crippen LogP contribution in [-0.2, 0) is 4.79 Å². The van der Waals surface area contributed by atoms with Gasteiger partial charge >= 0.3 is 12.0 Å². The molecule has 1 heterocycles. The first kappa shape index (κ1) is 13.7. The van der Waals surface area contributed by atoms with Crippen molar-refractivity contribution in [2.75, 3.05) is 16.9 Å². The van der Waals surface area contributed by atoms with Gasteiger partial charge in [-0.15, -0.1) is 11.8 Å². The summed E-state index contributed by atoms with van der Waals surface area (Å²) in [5, 5.41) is 11.6.